The van der Waals surface area contributed by atoms with E-state index in [1.54, 1.807) is 0 Å². The van der Waals surface area contributed by atoms with Crippen molar-refractivity contribution in [2.75, 3.05) is 26.2 Å². The van der Waals surface area contributed by atoms with Crippen LogP contribution in [-0.2, 0) is 0 Å². The number of likely N-dealkylation sites (tertiary alicyclic amines) is 1. The number of piperidine rings is 1. The summed E-state index contributed by atoms with van der Waals surface area (Å²) in [5, 5.41) is 16.2. The number of nitrogens with zero attached hydrogens (tertiary/aromatic N) is 1. The quantitative estimate of drug-likeness (QED) is 0.727. The van der Waals surface area contributed by atoms with Gasteiger partial charge in [0.15, 0.2) is 0 Å². The van der Waals surface area contributed by atoms with Crippen molar-refractivity contribution in [1.29, 1.82) is 0 Å². The summed E-state index contributed by atoms with van der Waals surface area (Å²) in [7, 11) is 0. The van der Waals surface area contributed by atoms with Gasteiger partial charge in [0.1, 0.15) is 0 Å². The predicted molar refractivity (Wildman–Crippen MR) is 93.4 cm³/mol. The number of rotatable bonds is 5. The van der Waals surface area contributed by atoms with Crippen molar-refractivity contribution in [2.45, 2.75) is 71.4 Å². The molecule has 2 aliphatic rings. The van der Waals surface area contributed by atoms with Crippen LogP contribution in [0, 0.1) is 11.3 Å². The van der Waals surface area contributed by atoms with Crippen LogP contribution in [0.25, 0.3) is 0 Å². The van der Waals surface area contributed by atoms with Gasteiger partial charge in [-0.15, -0.1) is 0 Å². The monoisotopic (exact) mass is 325 g/mol. The highest BCUT2D eigenvalue weighted by Crippen LogP contribution is 2.35. The van der Waals surface area contributed by atoms with Crippen molar-refractivity contribution in [2.24, 2.45) is 11.3 Å². The van der Waals surface area contributed by atoms with E-state index in [0.717, 1.165) is 38.8 Å². The van der Waals surface area contributed by atoms with Gasteiger partial charge < -0.3 is 20.6 Å². The molecule has 3 N–H and O–H groups in total. The zero-order valence-corrected chi connectivity index (χ0v) is 15.1. The predicted octanol–water partition coefficient (Wildman–Crippen LogP) is 2.35. The summed E-state index contributed by atoms with van der Waals surface area (Å²) in [6.07, 6.45) is 6.19. The molecule has 0 aromatic rings. The minimum atomic E-state index is -0.297. The lowest BCUT2D eigenvalue weighted by molar-refractivity contribution is 0.00306. The van der Waals surface area contributed by atoms with Crippen molar-refractivity contribution >= 4 is 6.03 Å². The third kappa shape index (κ3) is 5.35. The Morgan fingerprint density at radius 1 is 1.26 bits per heavy atom. The van der Waals surface area contributed by atoms with Crippen LogP contribution in [0.5, 0.6) is 0 Å². The maximum atomic E-state index is 12.1. The van der Waals surface area contributed by atoms with Gasteiger partial charge in [0.25, 0.3) is 0 Å². The molecule has 0 aromatic heterocycles. The van der Waals surface area contributed by atoms with E-state index >= 15 is 0 Å². The average molecular weight is 325 g/mol. The van der Waals surface area contributed by atoms with Crippen molar-refractivity contribution in [3.63, 3.8) is 0 Å². The molecule has 2 rings (SSSR count). The number of hydrogen-bond acceptors (Lipinski definition) is 3. The normalized spacial score (nSPS) is 32.7. The molecule has 1 saturated carbocycles. The number of amides is 2. The van der Waals surface area contributed by atoms with Crippen LogP contribution < -0.4 is 10.6 Å². The lowest BCUT2D eigenvalue weighted by Gasteiger charge is -2.38. The summed E-state index contributed by atoms with van der Waals surface area (Å²) in [5.41, 5.74) is -0.172. The van der Waals surface area contributed by atoms with E-state index in [1.165, 1.54) is 19.4 Å². The molecular formula is C18H35N3O2. The molecule has 0 aromatic carbocycles. The van der Waals surface area contributed by atoms with E-state index in [9.17, 15) is 9.90 Å². The van der Waals surface area contributed by atoms with Gasteiger partial charge in [-0.1, -0.05) is 19.8 Å². The van der Waals surface area contributed by atoms with E-state index in [-0.39, 0.29) is 17.6 Å². The zero-order valence-electron chi connectivity index (χ0n) is 15.1. The van der Waals surface area contributed by atoms with Crippen LogP contribution in [0.15, 0.2) is 0 Å². The Kier molecular flexibility index (Phi) is 6.72. The van der Waals surface area contributed by atoms with Gasteiger partial charge in [-0.2, -0.15) is 0 Å². The lowest BCUT2D eigenvalue weighted by Crippen LogP contribution is -2.49. The van der Waals surface area contributed by atoms with Crippen LogP contribution >= 0.6 is 0 Å². The minimum Gasteiger partial charge on any atom is -0.392 e. The van der Waals surface area contributed by atoms with Gasteiger partial charge in [0.2, 0.25) is 0 Å². The maximum Gasteiger partial charge on any atom is 0.314 e. The molecule has 1 aliphatic heterocycles. The van der Waals surface area contributed by atoms with E-state index in [2.05, 4.69) is 36.3 Å². The largest absolute Gasteiger partial charge is 0.392 e. The number of urea groups is 1. The molecule has 2 amide bonds. The van der Waals surface area contributed by atoms with Crippen LogP contribution in [0.2, 0.25) is 0 Å². The molecule has 0 spiro atoms. The fourth-order valence-electron chi connectivity index (χ4n) is 3.90. The van der Waals surface area contributed by atoms with E-state index in [4.69, 9.17) is 0 Å². The van der Waals surface area contributed by atoms with E-state index in [1.807, 2.05) is 0 Å². The first-order chi connectivity index (χ1) is 10.9. The standard InChI is InChI=1S/C18H35N3O2/c1-14(2)21-10-6-7-15(12-21)11-19-17(23)20-13-18(3)9-5-4-8-16(18)22/h14-16,22H,4-13H2,1-3H3,(H2,19,20,23). The van der Waals surface area contributed by atoms with E-state index < -0.39 is 0 Å². The summed E-state index contributed by atoms with van der Waals surface area (Å²) in [6.45, 7) is 10.1. The summed E-state index contributed by atoms with van der Waals surface area (Å²) in [5.74, 6) is 0.549. The minimum absolute atomic E-state index is 0.0920. The number of aliphatic hydroxyl groups excluding tert-OH is 1. The second-order valence-corrected chi connectivity index (χ2v) is 8.08. The first-order valence-corrected chi connectivity index (χ1v) is 9.34. The summed E-state index contributed by atoms with van der Waals surface area (Å²) in [4.78, 5) is 14.6. The van der Waals surface area contributed by atoms with E-state index in [0.29, 0.717) is 18.5 Å². The molecule has 134 valence electrons. The highest BCUT2D eigenvalue weighted by atomic mass is 16.3. The number of carbonyl (C=O) groups excluding carboxylic acids is 1. The smallest absolute Gasteiger partial charge is 0.314 e. The third-order valence-corrected chi connectivity index (χ3v) is 5.76. The van der Waals surface area contributed by atoms with Crippen LogP contribution in [0.4, 0.5) is 4.79 Å². The molecule has 2 fully saturated rings. The van der Waals surface area contributed by atoms with Crippen LogP contribution in [0.3, 0.4) is 0 Å². The van der Waals surface area contributed by atoms with Gasteiger partial charge in [-0.3, -0.25) is 0 Å². The fourth-order valence-corrected chi connectivity index (χ4v) is 3.90. The Balaban J connectivity index is 1.69. The van der Waals surface area contributed by atoms with Crippen molar-refractivity contribution in [3.05, 3.63) is 0 Å². The van der Waals surface area contributed by atoms with Gasteiger partial charge in [0.05, 0.1) is 6.10 Å². The molecule has 3 atom stereocenters. The molecule has 23 heavy (non-hydrogen) atoms. The molecule has 0 radical (unpaired) electrons. The summed E-state index contributed by atoms with van der Waals surface area (Å²) >= 11 is 0. The second-order valence-electron chi connectivity index (χ2n) is 8.08. The molecule has 1 aliphatic carbocycles. The molecule has 1 saturated heterocycles. The summed E-state index contributed by atoms with van der Waals surface area (Å²) in [6, 6.07) is 0.491. The van der Waals surface area contributed by atoms with Gasteiger partial charge in [-0.25, -0.2) is 4.79 Å². The first-order valence-electron chi connectivity index (χ1n) is 9.34. The average Bonchev–Trinajstić information content (AvgIpc) is 2.54. The molecule has 0 bridgehead atoms. The molecule has 1 heterocycles. The fraction of sp³-hybridized carbons (Fsp3) is 0.944. The Morgan fingerprint density at radius 2 is 2.04 bits per heavy atom. The molecule has 5 heteroatoms. The highest BCUT2D eigenvalue weighted by Gasteiger charge is 2.35. The van der Waals surface area contributed by atoms with Crippen molar-refractivity contribution in [3.8, 4) is 0 Å². The number of nitrogens with one attached hydrogen (secondary N) is 2. The first kappa shape index (κ1) is 18.5. The number of hydrogen-bond donors (Lipinski definition) is 3. The highest BCUT2D eigenvalue weighted by molar-refractivity contribution is 5.73. The Labute approximate surface area is 141 Å². The van der Waals surface area contributed by atoms with Gasteiger partial charge in [0, 0.05) is 31.1 Å². The SMILES string of the molecule is CC(C)N1CCCC(CNC(=O)NCC2(C)CCCCC2O)C1. The second kappa shape index (κ2) is 8.34. The molecule has 3 unspecified atom stereocenters. The Bertz CT molecular complexity index is 388. The molecule has 5 nitrogen and oxygen atoms in total. The zero-order chi connectivity index (χ0) is 16.9. The number of carbonyl (C=O) groups is 1. The Morgan fingerprint density at radius 3 is 2.74 bits per heavy atom. The van der Waals surface area contributed by atoms with Gasteiger partial charge >= 0.3 is 6.03 Å². The number of aliphatic hydroxyl groups is 1. The van der Waals surface area contributed by atoms with Crippen LogP contribution in [0.1, 0.15) is 59.3 Å². The van der Waals surface area contributed by atoms with Crippen molar-refractivity contribution in [1.82, 2.24) is 15.5 Å². The molecular weight excluding hydrogens is 290 g/mol. The summed E-state index contributed by atoms with van der Waals surface area (Å²) < 4.78 is 0. The Hall–Kier alpha value is -0.810. The lowest BCUT2D eigenvalue weighted by atomic mass is 9.73. The van der Waals surface area contributed by atoms with Crippen LogP contribution in [-0.4, -0.2) is 54.4 Å². The van der Waals surface area contributed by atoms with Crippen molar-refractivity contribution < 1.29 is 9.90 Å². The third-order valence-electron chi connectivity index (χ3n) is 5.76. The maximum absolute atomic E-state index is 12.1. The topological polar surface area (TPSA) is 64.6 Å². The van der Waals surface area contributed by atoms with Gasteiger partial charge in [-0.05, 0) is 52.0 Å².